The molecule has 3 aliphatic heterocycles. The number of nitrogens with zero attached hydrogens (tertiary/aromatic N) is 2. The Balaban J connectivity index is 1.37. The van der Waals surface area contributed by atoms with Crippen LogP contribution in [0, 0.1) is 5.82 Å². The van der Waals surface area contributed by atoms with Crippen molar-refractivity contribution in [2.24, 2.45) is 0 Å². The number of amides is 3. The van der Waals surface area contributed by atoms with Crippen molar-refractivity contribution in [3.05, 3.63) is 64.5 Å². The van der Waals surface area contributed by atoms with Crippen LogP contribution in [0.15, 0.2) is 36.4 Å². The molecule has 206 valence electrons. The molecule has 2 fully saturated rings. The number of piperidine rings is 1. The minimum atomic E-state index is -1.27. The van der Waals surface area contributed by atoms with Gasteiger partial charge < -0.3 is 19.9 Å². The summed E-state index contributed by atoms with van der Waals surface area (Å²) in [6, 6.07) is 10.8. The Morgan fingerprint density at radius 2 is 1.68 bits per heavy atom. The smallest absolute Gasteiger partial charge is 0.254 e. The van der Waals surface area contributed by atoms with Crippen molar-refractivity contribution in [1.29, 1.82) is 0 Å². The first-order valence-corrected chi connectivity index (χ1v) is 14.3. The van der Waals surface area contributed by atoms with E-state index < -0.39 is 21.8 Å². The van der Waals surface area contributed by atoms with Crippen LogP contribution in [0.4, 0.5) is 10.1 Å². The van der Waals surface area contributed by atoms with Crippen LogP contribution in [0.5, 0.6) is 0 Å². The van der Waals surface area contributed by atoms with Crippen molar-refractivity contribution >= 4 is 78.3 Å². The second-order valence-electron chi connectivity index (χ2n) is 13.1. The van der Waals surface area contributed by atoms with Crippen LogP contribution in [-0.2, 0) is 32.8 Å². The van der Waals surface area contributed by atoms with Gasteiger partial charge >= 0.3 is 0 Å². The molecule has 3 amide bonds. The van der Waals surface area contributed by atoms with Crippen molar-refractivity contribution < 1.29 is 23.5 Å². The van der Waals surface area contributed by atoms with Gasteiger partial charge in [-0.2, -0.15) is 0 Å². The van der Waals surface area contributed by atoms with Crippen molar-refractivity contribution in [3.8, 4) is 0 Å². The van der Waals surface area contributed by atoms with Gasteiger partial charge in [0.25, 0.3) is 5.91 Å². The third-order valence-corrected chi connectivity index (χ3v) is 10.6. The quantitative estimate of drug-likeness (QED) is 0.277. The maximum absolute atomic E-state index is 15.4. The number of nitrogens with one attached hydrogen (secondary N) is 2. The molecule has 1 atom stereocenters. The maximum Gasteiger partial charge on any atom is 0.254 e. The highest BCUT2D eigenvalue weighted by molar-refractivity contribution is 6.66. The Labute approximate surface area is 247 Å². The number of rotatable bonds is 6. The Morgan fingerprint density at radius 3 is 2.34 bits per heavy atom. The number of hydrogen-bond acceptors (Lipinski definition) is 6. The first kappa shape index (κ1) is 29.6. The molecule has 8 nitrogen and oxygen atoms in total. The van der Waals surface area contributed by atoms with E-state index in [0.717, 1.165) is 24.2 Å². The normalized spacial score (nSPS) is 24.1. The molecule has 2 aromatic rings. The van der Waals surface area contributed by atoms with Crippen LogP contribution < -0.4 is 10.6 Å². The van der Waals surface area contributed by atoms with Crippen LogP contribution in [-0.4, -0.2) is 114 Å². The van der Waals surface area contributed by atoms with E-state index >= 15 is 4.39 Å². The summed E-state index contributed by atoms with van der Waals surface area (Å²) < 4.78 is 20.8. The van der Waals surface area contributed by atoms with Gasteiger partial charge in [0.05, 0.1) is 18.7 Å². The van der Waals surface area contributed by atoms with Gasteiger partial charge in [0.1, 0.15) is 60.7 Å². The van der Waals surface area contributed by atoms with Crippen molar-refractivity contribution in [3.63, 3.8) is 0 Å². The van der Waals surface area contributed by atoms with Gasteiger partial charge in [-0.3, -0.25) is 19.7 Å². The highest BCUT2D eigenvalue weighted by Crippen LogP contribution is 2.55. The third-order valence-electron chi connectivity index (χ3n) is 10.6. The standard InChI is InChI=1S/C25H34B7FN4O4/c26-22(27)20(39)35-21(40)23(28,25(22,31)32)37-12-16-15(19(37)38)2-1-3-18(16)34-11-13-4-5-14(10-17(13)33)24(29,30)36-6-8-41-9-7-36/h1-5,10,34H,6-9,11-12,26-32H2,(H,35,39,40). The van der Waals surface area contributed by atoms with Gasteiger partial charge in [-0.05, 0) is 34.3 Å². The van der Waals surface area contributed by atoms with E-state index in [1.807, 2.05) is 33.9 Å². The van der Waals surface area contributed by atoms with Gasteiger partial charge in [0.15, 0.2) is 0 Å². The maximum atomic E-state index is 15.4. The largest absolute Gasteiger partial charge is 0.381 e. The summed E-state index contributed by atoms with van der Waals surface area (Å²) in [4.78, 5) is 43.7. The number of imide groups is 1. The lowest BCUT2D eigenvalue weighted by Crippen LogP contribution is -2.75. The van der Waals surface area contributed by atoms with Crippen LogP contribution >= 0.6 is 0 Å². The average Bonchev–Trinajstić information content (AvgIpc) is 3.28. The average molecular weight is 549 g/mol. The molecule has 1 unspecified atom stereocenters. The van der Waals surface area contributed by atoms with Crippen molar-refractivity contribution in [2.75, 3.05) is 31.6 Å². The van der Waals surface area contributed by atoms with Gasteiger partial charge in [-0.1, -0.05) is 23.4 Å². The third kappa shape index (κ3) is 4.49. The minimum Gasteiger partial charge on any atom is -0.381 e. The summed E-state index contributed by atoms with van der Waals surface area (Å²) in [5.74, 6) is -1.38. The summed E-state index contributed by atoms with van der Waals surface area (Å²) in [6.07, 6.45) is 0. The van der Waals surface area contributed by atoms with Crippen molar-refractivity contribution in [1.82, 2.24) is 15.1 Å². The predicted molar refractivity (Wildman–Crippen MR) is 175 cm³/mol. The van der Waals surface area contributed by atoms with Crippen LogP contribution in [0.2, 0.25) is 10.4 Å². The molecule has 0 radical (unpaired) electrons. The lowest BCUT2D eigenvalue weighted by Gasteiger charge is -2.59. The molecular formula is C25H34B7FN4O4. The molecule has 0 saturated carbocycles. The highest BCUT2D eigenvalue weighted by Gasteiger charge is 2.64. The monoisotopic (exact) mass is 550 g/mol. The van der Waals surface area contributed by atoms with E-state index in [1.54, 1.807) is 46.6 Å². The predicted octanol–water partition coefficient (Wildman–Crippen LogP) is -5.15. The molecule has 3 heterocycles. The van der Waals surface area contributed by atoms with Gasteiger partial charge in [0.2, 0.25) is 11.8 Å². The van der Waals surface area contributed by atoms with E-state index in [4.69, 9.17) is 4.74 Å². The zero-order valence-corrected chi connectivity index (χ0v) is 25.1. The summed E-state index contributed by atoms with van der Waals surface area (Å²) >= 11 is 0. The van der Waals surface area contributed by atoms with Crippen LogP contribution in [0.3, 0.4) is 0 Å². The Morgan fingerprint density at radius 1 is 1.00 bits per heavy atom. The fourth-order valence-corrected chi connectivity index (χ4v) is 6.44. The molecular weight excluding hydrogens is 515 g/mol. The second-order valence-corrected chi connectivity index (χ2v) is 13.1. The molecule has 5 rings (SSSR count). The molecule has 0 bridgehead atoms. The van der Waals surface area contributed by atoms with Crippen LogP contribution in [0.25, 0.3) is 0 Å². The molecule has 0 aromatic heterocycles. The van der Waals surface area contributed by atoms with Gasteiger partial charge in [0, 0.05) is 48.6 Å². The van der Waals surface area contributed by atoms with E-state index in [1.165, 1.54) is 0 Å². The molecule has 3 aliphatic rings. The Kier molecular flexibility index (Phi) is 7.34. The summed E-state index contributed by atoms with van der Waals surface area (Å²) in [6.45, 7) is 3.39. The lowest BCUT2D eigenvalue weighted by atomic mass is 9.21. The summed E-state index contributed by atoms with van der Waals surface area (Å²) in [5, 5.41) is 3.76. The summed E-state index contributed by atoms with van der Waals surface area (Å²) in [7, 11) is 13.3. The SMILES string of the molecule is BC(B)(c1ccc(CNc2cccc3c2CN(C2(B)C(=O)NC(=O)C(B)(B)C2(B)B)C3=O)c(F)c1)N1CCOCC1. The molecule has 16 heteroatoms. The number of fused-ring (bicyclic) bond motifs is 1. The molecule has 41 heavy (non-hydrogen) atoms. The Hall–Kier alpha value is -2.85. The van der Waals surface area contributed by atoms with E-state index in [0.29, 0.717) is 30.0 Å². The van der Waals surface area contributed by atoms with Crippen molar-refractivity contribution in [2.45, 2.75) is 34.3 Å². The zero-order valence-electron chi connectivity index (χ0n) is 25.1. The molecule has 0 aliphatic carbocycles. The fraction of sp³-hybridized carbons (Fsp3) is 0.400. The number of carbonyl (C=O) groups excluding carboxylic acids is 3. The summed E-state index contributed by atoms with van der Waals surface area (Å²) in [5.41, 5.74) is 2.12. The van der Waals surface area contributed by atoms with E-state index in [-0.39, 0.29) is 36.1 Å². The molecule has 0 spiro atoms. The number of morpholine rings is 1. The van der Waals surface area contributed by atoms with Crippen LogP contribution in [0.1, 0.15) is 27.0 Å². The second kappa shape index (κ2) is 10.2. The number of anilines is 1. The topological polar surface area (TPSA) is 91.0 Å². The molecule has 2 N–H and O–H groups in total. The number of carbonyl (C=O) groups is 3. The zero-order chi connectivity index (χ0) is 30.0. The van der Waals surface area contributed by atoms with Gasteiger partial charge in [-0.25, -0.2) is 4.39 Å². The first-order chi connectivity index (χ1) is 19.1. The Bertz CT molecular complexity index is 1440. The van der Waals surface area contributed by atoms with E-state index in [9.17, 15) is 14.4 Å². The minimum absolute atomic E-state index is 0.199. The molecule has 2 saturated heterocycles. The van der Waals surface area contributed by atoms with Gasteiger partial charge in [-0.15, -0.1) is 0 Å². The lowest BCUT2D eigenvalue weighted by molar-refractivity contribution is -0.140. The highest BCUT2D eigenvalue weighted by atomic mass is 19.1. The number of ether oxygens (including phenoxy) is 1. The number of hydrogen-bond donors (Lipinski definition) is 2. The fourth-order valence-electron chi connectivity index (χ4n) is 6.44. The first-order valence-electron chi connectivity index (χ1n) is 14.3. The molecule has 2 aromatic carbocycles. The van der Waals surface area contributed by atoms with E-state index in [2.05, 4.69) is 31.2 Å². The number of benzene rings is 2. The number of halogens is 1.